The third-order valence-electron chi connectivity index (χ3n) is 12.7. The van der Waals surface area contributed by atoms with Crippen molar-refractivity contribution in [3.63, 3.8) is 0 Å². The van der Waals surface area contributed by atoms with E-state index in [0.29, 0.717) is 57.4 Å². The number of esters is 1. The Hall–Kier alpha value is -7.07. The molecule has 0 unspecified atom stereocenters. The first kappa shape index (κ1) is 50.8. The number of carbonyl (C=O) groups excluding carboxylic acids is 8. The van der Waals surface area contributed by atoms with Gasteiger partial charge in [-0.05, 0) is 60.9 Å². The van der Waals surface area contributed by atoms with Crippen molar-refractivity contribution in [2.45, 2.75) is 89.6 Å². The maximum Gasteiger partial charge on any atom is 0.343 e. The summed E-state index contributed by atoms with van der Waals surface area (Å²) in [6, 6.07) is 10.1. The minimum atomic E-state index is -2.04. The lowest BCUT2D eigenvalue weighted by Gasteiger charge is -2.31. The van der Waals surface area contributed by atoms with E-state index in [2.05, 4.69) is 53.1 Å². The van der Waals surface area contributed by atoms with Gasteiger partial charge in [-0.1, -0.05) is 53.2 Å². The number of fused-ring (bicyclic) bond motifs is 5. The molecule has 2 aliphatic heterocycles. The molecule has 7 rings (SSSR count). The van der Waals surface area contributed by atoms with E-state index in [0.717, 1.165) is 5.56 Å². The molecule has 70 heavy (non-hydrogen) atoms. The molecular weight excluding hydrogens is 977 g/mol. The van der Waals surface area contributed by atoms with Gasteiger partial charge in [0.05, 0.1) is 60.0 Å². The summed E-state index contributed by atoms with van der Waals surface area (Å²) in [6.45, 7) is 1.88. The maximum absolute atomic E-state index is 15.4. The highest BCUT2D eigenvalue weighted by Crippen LogP contribution is 2.46. The number of pyridine rings is 2. The molecule has 1 aliphatic carbocycles. The second kappa shape index (κ2) is 22.1. The Labute approximate surface area is 408 Å². The van der Waals surface area contributed by atoms with Crippen molar-refractivity contribution < 1.29 is 52.6 Å². The highest BCUT2D eigenvalue weighted by Gasteiger charge is 2.46. The number of aliphatic hydroxyl groups is 1. The molecule has 8 N–H and O–H groups in total. The van der Waals surface area contributed by atoms with Crippen LogP contribution in [0.3, 0.4) is 0 Å². The zero-order valence-electron chi connectivity index (χ0n) is 38.5. The van der Waals surface area contributed by atoms with Crippen molar-refractivity contribution in [2.24, 2.45) is 0 Å². The molecule has 4 aromatic rings. The summed E-state index contributed by atoms with van der Waals surface area (Å²) in [5.41, 5.74) is 2.19. The highest BCUT2D eigenvalue weighted by molar-refractivity contribution is 9.09. The van der Waals surface area contributed by atoms with Crippen LogP contribution in [-0.2, 0) is 74.7 Å². The minimum absolute atomic E-state index is 0.0102. The number of hydrogen-bond acceptors (Lipinski definition) is 12. The Morgan fingerprint density at radius 3 is 2.31 bits per heavy atom. The summed E-state index contributed by atoms with van der Waals surface area (Å²) < 4.78 is 22.1. The van der Waals surface area contributed by atoms with Crippen LogP contribution in [0.5, 0.6) is 0 Å². The van der Waals surface area contributed by atoms with Gasteiger partial charge in [0.1, 0.15) is 18.5 Å². The third kappa shape index (κ3) is 11.2. The molecule has 3 atom stereocenters. The number of nitrogens with zero attached hydrogens (tertiary/aromatic N) is 2. The average Bonchev–Trinajstić information content (AvgIpc) is 3.72. The van der Waals surface area contributed by atoms with Gasteiger partial charge < -0.3 is 51.6 Å². The van der Waals surface area contributed by atoms with E-state index >= 15 is 4.39 Å². The van der Waals surface area contributed by atoms with Crippen LogP contribution in [-0.4, -0.2) is 106 Å². The molecule has 0 bridgehead atoms. The Morgan fingerprint density at radius 2 is 1.57 bits per heavy atom. The zero-order chi connectivity index (χ0) is 50.3. The first-order valence-electron chi connectivity index (χ1n) is 22.9. The van der Waals surface area contributed by atoms with Gasteiger partial charge in [0.2, 0.25) is 41.4 Å². The number of nitrogens with one attached hydrogen (secondary N) is 7. The van der Waals surface area contributed by atoms with Gasteiger partial charge in [0, 0.05) is 54.9 Å². The first-order chi connectivity index (χ1) is 33.5. The van der Waals surface area contributed by atoms with Crippen LogP contribution < -0.4 is 42.8 Å². The lowest BCUT2D eigenvalue weighted by atomic mass is 9.81. The fraction of sp³-hybridized carbons (Fsp3) is 0.417. The van der Waals surface area contributed by atoms with E-state index < -0.39 is 84.2 Å². The van der Waals surface area contributed by atoms with Crippen LogP contribution in [0.25, 0.3) is 22.3 Å². The van der Waals surface area contributed by atoms with E-state index in [1.807, 2.05) is 0 Å². The number of amides is 7. The monoisotopic (exact) mass is 1030 g/mol. The van der Waals surface area contributed by atoms with Crippen LogP contribution in [0.1, 0.15) is 84.0 Å². The molecule has 370 valence electrons. The largest absolute Gasteiger partial charge is 0.458 e. The summed E-state index contributed by atoms with van der Waals surface area (Å²) in [5, 5.41) is 30.3. The second-order valence-electron chi connectivity index (χ2n) is 17.2. The van der Waals surface area contributed by atoms with E-state index in [-0.39, 0.29) is 86.6 Å². The Morgan fingerprint density at radius 1 is 0.871 bits per heavy atom. The number of hydrogen-bond donors (Lipinski definition) is 8. The topological polar surface area (TPSA) is 285 Å². The van der Waals surface area contributed by atoms with Crippen LogP contribution in [0.4, 0.5) is 4.39 Å². The lowest BCUT2D eigenvalue weighted by molar-refractivity contribution is -0.172. The van der Waals surface area contributed by atoms with Crippen molar-refractivity contribution in [1.82, 2.24) is 46.8 Å². The number of alkyl halides is 1. The molecule has 7 amide bonds. The fourth-order valence-electron chi connectivity index (χ4n) is 8.97. The lowest BCUT2D eigenvalue weighted by Crippen LogP contribution is -2.52. The number of cyclic esters (lactones) is 1. The number of rotatable bonds is 20. The average molecular weight is 1030 g/mol. The number of halogens is 2. The Kier molecular flexibility index (Phi) is 16.1. The third-order valence-corrected chi connectivity index (χ3v) is 13.2. The van der Waals surface area contributed by atoms with Crippen molar-refractivity contribution in [2.75, 3.05) is 38.1 Å². The molecule has 0 spiro atoms. The van der Waals surface area contributed by atoms with E-state index in [4.69, 9.17) is 9.72 Å². The molecule has 2 aromatic carbocycles. The SMILES string of the molecule is CC[C@@]1(O)C(=O)OCc2c1cc1n(c2=O)Cc2c-1nc1cc(F)c(C)c3c1c2[C@@H](NC(=O)CCCNC(=O)CNC(=O)[C@H](Cc1ccccc1)NC(=O)CNC(=O)CNC(=O)CCNC(=O)CBr)CC3. The summed E-state index contributed by atoms with van der Waals surface area (Å²) in [4.78, 5) is 120. The van der Waals surface area contributed by atoms with E-state index in [1.54, 1.807) is 50.2 Å². The first-order valence-corrected chi connectivity index (χ1v) is 24.0. The van der Waals surface area contributed by atoms with Crippen LogP contribution in [0.2, 0.25) is 0 Å². The molecule has 0 saturated heterocycles. The standard InChI is InChI=1S/C48H53BrFN9O11/c1-3-48(69)30-17-35-44-28(23-59(35)46(67)29(30)24-70-47(48)68)43-32(12-11-27-25(2)31(50)18-33(58-44)42(27)43)56-37(61)10-7-14-51-39(63)21-55-45(66)34(16-26-8-5-4-6-9-26)57-41(65)22-54-40(64)20-53-36(60)13-15-52-38(62)19-49/h4-6,8-9,17-18,32,34,69H,3,7,10-16,19-24H2,1-2H3,(H,51,63)(H,52,62)(H,53,60)(H,54,64)(H,55,66)(H,56,61)(H,57,65)/t32-,34-,48-/m0/s1. The maximum atomic E-state index is 15.4. The van der Waals surface area contributed by atoms with Crippen LogP contribution in [0, 0.1) is 12.7 Å². The molecular formula is C48H53BrFN9O11. The predicted octanol–water partition coefficient (Wildman–Crippen LogP) is 0.504. The molecule has 4 heterocycles. The number of ether oxygens (including phenoxy) is 1. The van der Waals surface area contributed by atoms with E-state index in [1.165, 1.54) is 10.6 Å². The predicted molar refractivity (Wildman–Crippen MR) is 253 cm³/mol. The molecule has 0 radical (unpaired) electrons. The van der Waals surface area contributed by atoms with Crippen molar-refractivity contribution in [3.8, 4) is 11.4 Å². The van der Waals surface area contributed by atoms with Gasteiger partial charge in [-0.2, -0.15) is 0 Å². The molecule has 20 nitrogen and oxygen atoms in total. The molecule has 3 aliphatic rings. The van der Waals surface area contributed by atoms with Crippen molar-refractivity contribution in [1.29, 1.82) is 0 Å². The summed E-state index contributed by atoms with van der Waals surface area (Å²) in [5.74, 6) is -4.99. The number of carbonyl (C=O) groups is 8. The Bertz CT molecular complexity index is 2840. The summed E-state index contributed by atoms with van der Waals surface area (Å²) in [7, 11) is 0. The van der Waals surface area contributed by atoms with Gasteiger partial charge in [0.15, 0.2) is 5.60 Å². The molecule has 22 heteroatoms. The molecule has 2 aromatic heterocycles. The van der Waals surface area contributed by atoms with Crippen LogP contribution in [0.15, 0.2) is 47.3 Å². The summed E-state index contributed by atoms with van der Waals surface area (Å²) in [6.07, 6.45) is 1.08. The van der Waals surface area contributed by atoms with Crippen molar-refractivity contribution in [3.05, 3.63) is 97.6 Å². The smallest absolute Gasteiger partial charge is 0.343 e. The van der Waals surface area contributed by atoms with Gasteiger partial charge in [-0.15, -0.1) is 0 Å². The zero-order valence-corrected chi connectivity index (χ0v) is 40.1. The number of aromatic nitrogens is 2. The van der Waals surface area contributed by atoms with Crippen LogP contribution >= 0.6 is 15.9 Å². The van der Waals surface area contributed by atoms with Gasteiger partial charge in [0.25, 0.3) is 5.56 Å². The van der Waals surface area contributed by atoms with Gasteiger partial charge >= 0.3 is 5.97 Å². The highest BCUT2D eigenvalue weighted by atomic mass is 79.9. The van der Waals surface area contributed by atoms with Gasteiger partial charge in [-0.25, -0.2) is 14.2 Å². The normalized spacial score (nSPS) is 16.6. The minimum Gasteiger partial charge on any atom is -0.458 e. The van der Waals surface area contributed by atoms with Gasteiger partial charge in [-0.3, -0.25) is 38.4 Å². The molecule has 0 fully saturated rings. The number of benzene rings is 2. The molecule has 0 saturated carbocycles. The van der Waals surface area contributed by atoms with E-state index in [9.17, 15) is 48.3 Å². The second-order valence-corrected chi connectivity index (χ2v) is 17.8. The fourth-order valence-corrected chi connectivity index (χ4v) is 9.17. The summed E-state index contributed by atoms with van der Waals surface area (Å²) >= 11 is 2.99. The Balaban J connectivity index is 0.926. The van der Waals surface area contributed by atoms with Crippen molar-refractivity contribution >= 4 is 74.2 Å². The number of aryl methyl sites for hydroxylation is 1. The quantitative estimate of drug-likeness (QED) is 0.0301.